The van der Waals surface area contributed by atoms with Crippen molar-refractivity contribution in [3.63, 3.8) is 0 Å². The summed E-state index contributed by atoms with van der Waals surface area (Å²) in [6.07, 6.45) is 4.91. The summed E-state index contributed by atoms with van der Waals surface area (Å²) in [6, 6.07) is 0. The Morgan fingerprint density at radius 2 is 1.58 bits per heavy atom. The van der Waals surface area contributed by atoms with E-state index in [1.165, 1.54) is 0 Å². The first-order chi connectivity index (χ1) is 9.08. The molecule has 0 unspecified atom stereocenters. The van der Waals surface area contributed by atoms with E-state index in [4.69, 9.17) is 9.47 Å². The minimum Gasteiger partial charge on any atom is -0.465 e. The minimum absolute atomic E-state index is 0.269. The molecule has 0 fully saturated rings. The standard InChI is InChI=1S/C15H26O4/c1-5-9-10-12-15(11-6-2,13(16)18-7-3)14(17)19-8-4/h5H,1,6-12H2,2-4H3. The minimum atomic E-state index is -1.15. The Labute approximate surface area is 116 Å². The van der Waals surface area contributed by atoms with Crippen molar-refractivity contribution in [2.24, 2.45) is 5.41 Å². The molecule has 0 aromatic carbocycles. The van der Waals surface area contributed by atoms with Gasteiger partial charge in [0, 0.05) is 0 Å². The number of rotatable bonds is 10. The number of carbonyl (C=O) groups excluding carboxylic acids is 2. The molecule has 0 saturated heterocycles. The highest BCUT2D eigenvalue weighted by atomic mass is 16.6. The van der Waals surface area contributed by atoms with Gasteiger partial charge in [-0.25, -0.2) is 0 Å². The van der Waals surface area contributed by atoms with Crippen LogP contribution in [0.3, 0.4) is 0 Å². The summed E-state index contributed by atoms with van der Waals surface area (Å²) in [5.41, 5.74) is -1.15. The summed E-state index contributed by atoms with van der Waals surface area (Å²) in [5, 5.41) is 0. The van der Waals surface area contributed by atoms with Crippen LogP contribution in [0.4, 0.5) is 0 Å². The van der Waals surface area contributed by atoms with Gasteiger partial charge in [-0.05, 0) is 39.5 Å². The fourth-order valence-corrected chi connectivity index (χ4v) is 2.13. The maximum Gasteiger partial charge on any atom is 0.323 e. The molecule has 4 nitrogen and oxygen atoms in total. The average Bonchev–Trinajstić information content (AvgIpc) is 2.38. The molecular formula is C15H26O4. The molecule has 110 valence electrons. The van der Waals surface area contributed by atoms with Gasteiger partial charge in [0.25, 0.3) is 0 Å². The van der Waals surface area contributed by atoms with Gasteiger partial charge in [0.2, 0.25) is 0 Å². The number of hydrogen-bond donors (Lipinski definition) is 0. The van der Waals surface area contributed by atoms with Gasteiger partial charge in [0.15, 0.2) is 5.41 Å². The molecule has 0 atom stereocenters. The number of hydrogen-bond acceptors (Lipinski definition) is 4. The highest BCUT2D eigenvalue weighted by molar-refractivity contribution is 6.00. The highest BCUT2D eigenvalue weighted by Gasteiger charge is 2.47. The Morgan fingerprint density at radius 1 is 1.05 bits per heavy atom. The molecule has 0 aliphatic rings. The van der Waals surface area contributed by atoms with E-state index in [0.29, 0.717) is 12.8 Å². The van der Waals surface area contributed by atoms with Gasteiger partial charge < -0.3 is 9.47 Å². The maximum atomic E-state index is 12.2. The maximum absolute atomic E-state index is 12.2. The third kappa shape index (κ3) is 5.05. The number of carbonyl (C=O) groups is 2. The molecule has 0 rings (SSSR count). The molecule has 4 heteroatoms. The molecule has 0 heterocycles. The molecule has 0 bridgehead atoms. The Bertz CT molecular complexity index is 279. The number of allylic oxidation sites excluding steroid dienone is 1. The predicted molar refractivity (Wildman–Crippen MR) is 74.7 cm³/mol. The molecule has 0 aromatic heterocycles. The van der Waals surface area contributed by atoms with Gasteiger partial charge in [0.05, 0.1) is 13.2 Å². The van der Waals surface area contributed by atoms with Crippen molar-refractivity contribution in [1.82, 2.24) is 0 Å². The second-order valence-corrected chi connectivity index (χ2v) is 4.45. The van der Waals surface area contributed by atoms with E-state index in [0.717, 1.165) is 19.3 Å². The quantitative estimate of drug-likeness (QED) is 0.265. The number of ether oxygens (including phenoxy) is 2. The highest BCUT2D eigenvalue weighted by Crippen LogP contribution is 2.34. The van der Waals surface area contributed by atoms with Crippen molar-refractivity contribution in [2.45, 2.75) is 52.9 Å². The van der Waals surface area contributed by atoms with Crippen molar-refractivity contribution in [3.05, 3.63) is 12.7 Å². The van der Waals surface area contributed by atoms with E-state index in [1.807, 2.05) is 6.92 Å². The zero-order valence-corrected chi connectivity index (χ0v) is 12.4. The van der Waals surface area contributed by atoms with Crippen LogP contribution < -0.4 is 0 Å². The first-order valence-corrected chi connectivity index (χ1v) is 7.04. The van der Waals surface area contributed by atoms with E-state index >= 15 is 0 Å². The third-order valence-corrected chi connectivity index (χ3v) is 3.02. The lowest BCUT2D eigenvalue weighted by atomic mass is 9.78. The van der Waals surface area contributed by atoms with Crippen molar-refractivity contribution in [2.75, 3.05) is 13.2 Å². The molecule has 0 N–H and O–H groups in total. The Kier molecular flexibility index (Phi) is 8.92. The van der Waals surface area contributed by atoms with Gasteiger partial charge in [-0.15, -0.1) is 6.58 Å². The zero-order valence-electron chi connectivity index (χ0n) is 12.4. The molecule has 0 saturated carbocycles. The zero-order chi connectivity index (χ0) is 14.7. The molecule has 19 heavy (non-hydrogen) atoms. The third-order valence-electron chi connectivity index (χ3n) is 3.02. The SMILES string of the molecule is C=CCCCC(CCC)(C(=O)OCC)C(=O)OCC. The summed E-state index contributed by atoms with van der Waals surface area (Å²) in [6.45, 7) is 9.62. The molecule has 0 spiro atoms. The van der Waals surface area contributed by atoms with Gasteiger partial charge in [-0.3, -0.25) is 9.59 Å². The van der Waals surface area contributed by atoms with Crippen LogP contribution in [0.5, 0.6) is 0 Å². The van der Waals surface area contributed by atoms with Crippen LogP contribution in [-0.2, 0) is 19.1 Å². The monoisotopic (exact) mass is 270 g/mol. The lowest BCUT2D eigenvalue weighted by Crippen LogP contribution is -2.42. The largest absolute Gasteiger partial charge is 0.465 e. The van der Waals surface area contributed by atoms with Crippen molar-refractivity contribution in [1.29, 1.82) is 0 Å². The Morgan fingerprint density at radius 3 is 1.95 bits per heavy atom. The van der Waals surface area contributed by atoms with Gasteiger partial charge in [0.1, 0.15) is 0 Å². The van der Waals surface area contributed by atoms with Crippen LogP contribution >= 0.6 is 0 Å². The van der Waals surface area contributed by atoms with Crippen LogP contribution in [0.15, 0.2) is 12.7 Å². The first kappa shape index (κ1) is 17.7. The average molecular weight is 270 g/mol. The van der Waals surface area contributed by atoms with E-state index in [2.05, 4.69) is 6.58 Å². The second kappa shape index (κ2) is 9.59. The van der Waals surface area contributed by atoms with E-state index < -0.39 is 17.4 Å². The van der Waals surface area contributed by atoms with Crippen molar-refractivity contribution >= 4 is 11.9 Å². The molecular weight excluding hydrogens is 244 g/mol. The molecule has 0 aliphatic heterocycles. The molecule has 0 radical (unpaired) electrons. The molecule has 0 aromatic rings. The van der Waals surface area contributed by atoms with Crippen LogP contribution in [0.25, 0.3) is 0 Å². The van der Waals surface area contributed by atoms with Crippen molar-refractivity contribution < 1.29 is 19.1 Å². The lowest BCUT2D eigenvalue weighted by Gasteiger charge is -2.28. The molecule has 0 aliphatic carbocycles. The summed E-state index contributed by atoms with van der Waals surface area (Å²) in [5.74, 6) is -0.918. The van der Waals surface area contributed by atoms with Gasteiger partial charge >= 0.3 is 11.9 Å². The number of unbranched alkanes of at least 4 members (excludes halogenated alkanes) is 1. The summed E-state index contributed by atoms with van der Waals surface area (Å²) in [7, 11) is 0. The molecule has 0 amide bonds. The Hall–Kier alpha value is -1.32. The fourth-order valence-electron chi connectivity index (χ4n) is 2.13. The topological polar surface area (TPSA) is 52.6 Å². The van der Waals surface area contributed by atoms with Crippen LogP contribution in [0, 0.1) is 5.41 Å². The van der Waals surface area contributed by atoms with Crippen molar-refractivity contribution in [3.8, 4) is 0 Å². The Balaban J connectivity index is 5.13. The first-order valence-electron chi connectivity index (χ1n) is 7.04. The summed E-state index contributed by atoms with van der Waals surface area (Å²) in [4.78, 5) is 24.4. The van der Waals surface area contributed by atoms with Crippen LogP contribution in [0.2, 0.25) is 0 Å². The summed E-state index contributed by atoms with van der Waals surface area (Å²) >= 11 is 0. The normalized spacial score (nSPS) is 10.9. The van der Waals surface area contributed by atoms with Crippen LogP contribution in [-0.4, -0.2) is 25.2 Å². The van der Waals surface area contributed by atoms with Crippen LogP contribution in [0.1, 0.15) is 52.9 Å². The predicted octanol–water partition coefficient (Wildman–Crippen LogP) is 3.26. The fraction of sp³-hybridized carbons (Fsp3) is 0.733. The van der Waals surface area contributed by atoms with Gasteiger partial charge in [-0.1, -0.05) is 19.4 Å². The lowest BCUT2D eigenvalue weighted by molar-refractivity contribution is -0.173. The van der Waals surface area contributed by atoms with Gasteiger partial charge in [-0.2, -0.15) is 0 Å². The van der Waals surface area contributed by atoms with E-state index in [1.54, 1.807) is 19.9 Å². The second-order valence-electron chi connectivity index (χ2n) is 4.45. The number of esters is 2. The smallest absolute Gasteiger partial charge is 0.323 e. The summed E-state index contributed by atoms with van der Waals surface area (Å²) < 4.78 is 10.2. The van der Waals surface area contributed by atoms with E-state index in [-0.39, 0.29) is 13.2 Å². The van der Waals surface area contributed by atoms with E-state index in [9.17, 15) is 9.59 Å².